The number of nitro groups is 1. The van der Waals surface area contributed by atoms with E-state index in [0.29, 0.717) is 28.6 Å². The zero-order valence-electron chi connectivity index (χ0n) is 16.9. The van der Waals surface area contributed by atoms with Crippen molar-refractivity contribution in [3.8, 4) is 11.1 Å². The number of ether oxygens (including phenoxy) is 1. The van der Waals surface area contributed by atoms with E-state index in [1.54, 1.807) is 6.07 Å². The van der Waals surface area contributed by atoms with Crippen LogP contribution in [0.3, 0.4) is 0 Å². The van der Waals surface area contributed by atoms with Gasteiger partial charge in [-0.2, -0.15) is 18.3 Å². The van der Waals surface area contributed by atoms with Gasteiger partial charge in [0.25, 0.3) is 5.69 Å². The van der Waals surface area contributed by atoms with Gasteiger partial charge in [-0.3, -0.25) is 10.1 Å². The summed E-state index contributed by atoms with van der Waals surface area (Å²) in [5.41, 5.74) is 0.442. The van der Waals surface area contributed by atoms with Crippen LogP contribution in [-0.2, 0) is 17.6 Å². The van der Waals surface area contributed by atoms with E-state index in [2.05, 4.69) is 24.7 Å². The minimum atomic E-state index is -4.44. The molecule has 0 aliphatic heterocycles. The highest BCUT2D eigenvalue weighted by Gasteiger charge is 2.30. The van der Waals surface area contributed by atoms with Crippen LogP contribution in [0.15, 0.2) is 42.6 Å². The van der Waals surface area contributed by atoms with Gasteiger partial charge in [0.2, 0.25) is 0 Å². The average Bonchev–Trinajstić information content (AvgIpc) is 3.06. The molecule has 0 spiro atoms. The quantitative estimate of drug-likeness (QED) is 0.198. The Bertz CT molecular complexity index is 1060. The van der Waals surface area contributed by atoms with E-state index in [1.807, 2.05) is 0 Å². The zero-order valence-corrected chi connectivity index (χ0v) is 17.9. The highest BCUT2D eigenvalue weighted by atomic mass is 28.3. The minimum absolute atomic E-state index is 0.140. The molecule has 1 heterocycles. The standard InChI is InChI=1S/C20H22F3N3O3Si/c1-30(2,3)9-8-29-13-25-18-10-15(11-19(26(27)28)17(18)12-24-25)14-4-6-16(7-5-14)20(21,22)23/h4-7,10-12H,8-9,13H2,1-3H3. The normalized spacial score (nSPS) is 12.5. The Morgan fingerprint density at radius 3 is 2.37 bits per heavy atom. The summed E-state index contributed by atoms with van der Waals surface area (Å²) >= 11 is 0. The molecule has 2 aromatic carbocycles. The molecule has 3 rings (SSSR count). The van der Waals surface area contributed by atoms with Crippen LogP contribution >= 0.6 is 0 Å². The summed E-state index contributed by atoms with van der Waals surface area (Å²) in [7, 11) is -1.25. The van der Waals surface area contributed by atoms with Crippen molar-refractivity contribution >= 4 is 24.7 Å². The van der Waals surface area contributed by atoms with Crippen LogP contribution in [0.1, 0.15) is 5.56 Å². The first-order valence-corrected chi connectivity index (χ1v) is 13.1. The van der Waals surface area contributed by atoms with Crippen LogP contribution in [-0.4, -0.2) is 29.4 Å². The lowest BCUT2D eigenvalue weighted by Gasteiger charge is -2.15. The van der Waals surface area contributed by atoms with Gasteiger partial charge in [0, 0.05) is 20.7 Å². The summed E-state index contributed by atoms with van der Waals surface area (Å²) in [6.07, 6.45) is -3.04. The molecule has 0 unspecified atom stereocenters. The number of rotatable bonds is 7. The molecule has 0 amide bonds. The van der Waals surface area contributed by atoms with Crippen molar-refractivity contribution in [2.75, 3.05) is 6.61 Å². The molecule has 1 aromatic heterocycles. The molecule has 0 fully saturated rings. The largest absolute Gasteiger partial charge is 0.416 e. The molecule has 0 N–H and O–H groups in total. The minimum Gasteiger partial charge on any atom is -0.360 e. The fraction of sp³-hybridized carbons (Fsp3) is 0.350. The molecule has 0 aliphatic rings. The van der Waals surface area contributed by atoms with Crippen molar-refractivity contribution in [1.29, 1.82) is 0 Å². The summed E-state index contributed by atoms with van der Waals surface area (Å²) < 4.78 is 45.7. The smallest absolute Gasteiger partial charge is 0.360 e. The van der Waals surface area contributed by atoms with Crippen LogP contribution in [0.5, 0.6) is 0 Å². The van der Waals surface area contributed by atoms with Gasteiger partial charge in [-0.15, -0.1) is 0 Å². The third kappa shape index (κ3) is 5.06. The van der Waals surface area contributed by atoms with E-state index >= 15 is 0 Å². The van der Waals surface area contributed by atoms with Crippen LogP contribution < -0.4 is 0 Å². The number of aromatic nitrogens is 2. The van der Waals surface area contributed by atoms with Crippen molar-refractivity contribution in [2.24, 2.45) is 0 Å². The molecular formula is C20H22F3N3O3Si. The molecule has 0 saturated carbocycles. The Balaban J connectivity index is 1.95. The number of benzene rings is 2. The predicted molar refractivity (Wildman–Crippen MR) is 111 cm³/mol. The number of nitrogens with zero attached hydrogens (tertiary/aromatic N) is 3. The summed E-state index contributed by atoms with van der Waals surface area (Å²) in [6.45, 7) is 7.41. The van der Waals surface area contributed by atoms with Gasteiger partial charge >= 0.3 is 6.18 Å². The Labute approximate surface area is 172 Å². The SMILES string of the molecule is C[Si](C)(C)CCOCn1ncc2c([N+](=O)[O-])cc(-c3ccc(C(F)(F)F)cc3)cc21. The average molecular weight is 437 g/mol. The lowest BCUT2D eigenvalue weighted by atomic mass is 10.0. The van der Waals surface area contributed by atoms with Crippen molar-refractivity contribution in [2.45, 2.75) is 38.6 Å². The van der Waals surface area contributed by atoms with Gasteiger partial charge in [0.15, 0.2) is 0 Å². The molecule has 0 bridgehead atoms. The second kappa shape index (κ2) is 8.19. The second-order valence-corrected chi connectivity index (χ2v) is 13.9. The van der Waals surface area contributed by atoms with Crippen molar-refractivity contribution in [3.63, 3.8) is 0 Å². The van der Waals surface area contributed by atoms with Crippen LogP contribution in [0.4, 0.5) is 18.9 Å². The molecular weight excluding hydrogens is 415 g/mol. The van der Waals surface area contributed by atoms with Crippen molar-refractivity contribution < 1.29 is 22.8 Å². The van der Waals surface area contributed by atoms with E-state index < -0.39 is 24.7 Å². The van der Waals surface area contributed by atoms with E-state index in [0.717, 1.165) is 18.2 Å². The maximum atomic E-state index is 12.8. The molecule has 6 nitrogen and oxygen atoms in total. The second-order valence-electron chi connectivity index (χ2n) is 8.25. The van der Waals surface area contributed by atoms with E-state index in [4.69, 9.17) is 4.74 Å². The molecule has 3 aromatic rings. The molecule has 0 saturated heterocycles. The molecule has 160 valence electrons. The number of hydrogen-bond acceptors (Lipinski definition) is 4. The number of fused-ring (bicyclic) bond motifs is 1. The maximum absolute atomic E-state index is 12.8. The van der Waals surface area contributed by atoms with Crippen LogP contribution in [0.25, 0.3) is 22.0 Å². The van der Waals surface area contributed by atoms with Crippen molar-refractivity contribution in [3.05, 3.63) is 58.3 Å². The van der Waals surface area contributed by atoms with E-state index in [-0.39, 0.29) is 12.4 Å². The number of hydrogen-bond donors (Lipinski definition) is 0. The number of halogens is 3. The summed E-state index contributed by atoms with van der Waals surface area (Å²) in [4.78, 5) is 11.0. The number of nitro benzene ring substituents is 1. The maximum Gasteiger partial charge on any atom is 0.416 e. The van der Waals surface area contributed by atoms with Gasteiger partial charge in [-0.25, -0.2) is 4.68 Å². The zero-order chi connectivity index (χ0) is 22.1. The lowest BCUT2D eigenvalue weighted by Crippen LogP contribution is -2.22. The lowest BCUT2D eigenvalue weighted by molar-refractivity contribution is -0.383. The van der Waals surface area contributed by atoms with Crippen LogP contribution in [0, 0.1) is 10.1 Å². The first-order chi connectivity index (χ1) is 14.0. The van der Waals surface area contributed by atoms with Crippen LogP contribution in [0.2, 0.25) is 25.7 Å². The Morgan fingerprint density at radius 2 is 1.80 bits per heavy atom. The van der Waals surface area contributed by atoms with E-state index in [9.17, 15) is 23.3 Å². The summed E-state index contributed by atoms with van der Waals surface area (Å²) in [6, 6.07) is 8.54. The molecule has 30 heavy (non-hydrogen) atoms. The highest BCUT2D eigenvalue weighted by Crippen LogP contribution is 2.34. The Morgan fingerprint density at radius 1 is 1.13 bits per heavy atom. The third-order valence-corrected chi connectivity index (χ3v) is 6.40. The van der Waals surface area contributed by atoms with Crippen molar-refractivity contribution in [1.82, 2.24) is 9.78 Å². The number of alkyl halides is 3. The Hall–Kier alpha value is -2.72. The van der Waals surface area contributed by atoms with E-state index in [1.165, 1.54) is 29.1 Å². The molecule has 0 radical (unpaired) electrons. The van der Waals surface area contributed by atoms with Gasteiger partial charge in [-0.05, 0) is 35.4 Å². The first-order valence-electron chi connectivity index (χ1n) is 9.35. The van der Waals surface area contributed by atoms with Gasteiger partial charge < -0.3 is 4.74 Å². The topological polar surface area (TPSA) is 70.2 Å². The molecule has 0 atom stereocenters. The fourth-order valence-electron chi connectivity index (χ4n) is 2.96. The predicted octanol–water partition coefficient (Wildman–Crippen LogP) is 5.94. The summed E-state index contributed by atoms with van der Waals surface area (Å²) in [5, 5.41) is 16.1. The molecule has 0 aliphatic carbocycles. The fourth-order valence-corrected chi connectivity index (χ4v) is 3.72. The highest BCUT2D eigenvalue weighted by molar-refractivity contribution is 6.76. The van der Waals surface area contributed by atoms with Gasteiger partial charge in [0.1, 0.15) is 6.73 Å². The monoisotopic (exact) mass is 437 g/mol. The van der Waals surface area contributed by atoms with Gasteiger partial charge in [-0.1, -0.05) is 31.8 Å². The Kier molecular flexibility index (Phi) is 6.00. The number of non-ortho nitro benzene ring substituents is 1. The third-order valence-electron chi connectivity index (χ3n) is 4.69. The molecule has 10 heteroatoms. The summed E-state index contributed by atoms with van der Waals surface area (Å²) in [5.74, 6) is 0. The van der Waals surface area contributed by atoms with Gasteiger partial charge in [0.05, 0.1) is 27.6 Å². The first kappa shape index (κ1) is 22.0.